The lowest BCUT2D eigenvalue weighted by Crippen LogP contribution is -2.13. The highest BCUT2D eigenvalue weighted by Gasteiger charge is 2.22. The summed E-state index contributed by atoms with van der Waals surface area (Å²) in [6, 6.07) is 16.5. The van der Waals surface area contributed by atoms with Crippen molar-refractivity contribution in [2.24, 2.45) is 0 Å². The molecule has 1 unspecified atom stereocenters. The van der Waals surface area contributed by atoms with E-state index in [1.807, 2.05) is 23.7 Å². The van der Waals surface area contributed by atoms with Crippen LogP contribution in [0.5, 0.6) is 0 Å². The van der Waals surface area contributed by atoms with E-state index in [0.29, 0.717) is 11.3 Å². The predicted molar refractivity (Wildman–Crippen MR) is 110 cm³/mol. The molecule has 0 amide bonds. The number of thioether (sulfide) groups is 1. The number of hydrogen-bond acceptors (Lipinski definition) is 5. The molecule has 1 aliphatic rings. The van der Waals surface area contributed by atoms with E-state index in [9.17, 15) is 0 Å². The van der Waals surface area contributed by atoms with Crippen LogP contribution in [0.1, 0.15) is 48.6 Å². The maximum atomic E-state index is 6.00. The molecule has 0 spiro atoms. The van der Waals surface area contributed by atoms with E-state index < -0.39 is 0 Å². The van der Waals surface area contributed by atoms with E-state index in [0.717, 1.165) is 6.42 Å². The predicted octanol–water partition coefficient (Wildman–Crippen LogP) is 5.65. The first-order valence-corrected chi connectivity index (χ1v) is 10.6. The van der Waals surface area contributed by atoms with Crippen LogP contribution in [0.3, 0.4) is 0 Å². The fourth-order valence-corrected chi connectivity index (χ4v) is 4.30. The minimum Gasteiger partial charge on any atom is -0.256 e. The third kappa shape index (κ3) is 5.76. The Morgan fingerprint density at radius 2 is 1.88 bits per heavy atom. The molecule has 25 heavy (non-hydrogen) atoms. The van der Waals surface area contributed by atoms with E-state index in [1.165, 1.54) is 40.0 Å². The van der Waals surface area contributed by atoms with Crippen molar-refractivity contribution in [3.8, 4) is 0 Å². The lowest BCUT2D eigenvalue weighted by molar-refractivity contribution is -0.176. The van der Waals surface area contributed by atoms with Gasteiger partial charge in [-0.2, -0.15) is 0 Å². The number of nitrogens with one attached hydrogen (secondary N) is 1. The highest BCUT2D eigenvalue weighted by molar-refractivity contribution is 7.98. The van der Waals surface area contributed by atoms with E-state index in [2.05, 4.69) is 67.3 Å². The normalized spacial score (nSPS) is 15.7. The average molecular weight is 378 g/mol. The van der Waals surface area contributed by atoms with Crippen molar-refractivity contribution in [2.75, 3.05) is 6.26 Å². The van der Waals surface area contributed by atoms with Crippen molar-refractivity contribution in [3.05, 3.63) is 64.7 Å². The van der Waals surface area contributed by atoms with Gasteiger partial charge in [0.2, 0.25) is 0 Å². The Morgan fingerprint density at radius 3 is 2.60 bits per heavy atom. The maximum Gasteiger partial charge on any atom is 0.0427 e. The van der Waals surface area contributed by atoms with Gasteiger partial charge in [-0.15, -0.1) is 11.8 Å². The first-order valence-electron chi connectivity index (χ1n) is 8.51. The van der Waals surface area contributed by atoms with Gasteiger partial charge >= 0.3 is 0 Å². The topological polar surface area (TPSA) is 52.5 Å². The summed E-state index contributed by atoms with van der Waals surface area (Å²) in [5.74, 6) is 0. The van der Waals surface area contributed by atoms with Crippen LogP contribution < -0.4 is 4.72 Å². The maximum absolute atomic E-state index is 6.00. The average Bonchev–Trinajstić information content (AvgIpc) is 3.04. The molecule has 136 valence electrons. The summed E-state index contributed by atoms with van der Waals surface area (Å²) >= 11 is 3.66. The third-order valence-electron chi connectivity index (χ3n) is 4.27. The summed E-state index contributed by atoms with van der Waals surface area (Å²) in [5, 5.41) is 12.6. The van der Waals surface area contributed by atoms with E-state index in [4.69, 9.17) is 10.5 Å². The Kier molecular flexibility index (Phi) is 8.33. The summed E-state index contributed by atoms with van der Waals surface area (Å²) in [6.45, 7) is 4.47. The monoisotopic (exact) mass is 377 g/mol. The molecule has 0 radical (unpaired) electrons. The standard InChI is InChI=1S/C20H25NS2.H2O2/c1-14(2)23-21-20-10-8-17-12-16(7-9-19(17)20)11-15-5-4-6-18(13-15)22-3;1-2/h4-7,9,12-14,20-21H,8,10-11H2,1-3H3;1-2H. The van der Waals surface area contributed by atoms with Gasteiger partial charge in [0.25, 0.3) is 0 Å². The number of aryl methyl sites for hydroxylation is 1. The van der Waals surface area contributed by atoms with Gasteiger partial charge in [0.05, 0.1) is 0 Å². The number of benzene rings is 2. The van der Waals surface area contributed by atoms with Gasteiger partial charge in [0.1, 0.15) is 0 Å². The zero-order valence-electron chi connectivity index (χ0n) is 15.0. The van der Waals surface area contributed by atoms with Gasteiger partial charge in [-0.1, -0.05) is 56.1 Å². The van der Waals surface area contributed by atoms with E-state index >= 15 is 0 Å². The van der Waals surface area contributed by atoms with Crippen molar-refractivity contribution in [1.29, 1.82) is 0 Å². The quantitative estimate of drug-likeness (QED) is 0.263. The Bertz CT molecular complexity index is 676. The van der Waals surface area contributed by atoms with Gasteiger partial charge < -0.3 is 0 Å². The Balaban J connectivity index is 0.00000109. The second-order valence-corrected chi connectivity index (χ2v) is 8.73. The van der Waals surface area contributed by atoms with Gasteiger partial charge in [0.15, 0.2) is 0 Å². The Morgan fingerprint density at radius 1 is 1.12 bits per heavy atom. The lowest BCUT2D eigenvalue weighted by atomic mass is 10.00. The number of hydrogen-bond donors (Lipinski definition) is 3. The molecular weight excluding hydrogens is 350 g/mol. The first kappa shape index (κ1) is 20.3. The molecule has 3 rings (SSSR count). The molecule has 1 atom stereocenters. The molecule has 0 fully saturated rings. The molecule has 0 aliphatic heterocycles. The summed E-state index contributed by atoms with van der Waals surface area (Å²) < 4.78 is 3.64. The summed E-state index contributed by atoms with van der Waals surface area (Å²) in [7, 11) is 0. The summed E-state index contributed by atoms with van der Waals surface area (Å²) in [5.41, 5.74) is 5.86. The largest absolute Gasteiger partial charge is 0.256 e. The van der Waals surface area contributed by atoms with Crippen LogP contribution >= 0.6 is 23.7 Å². The van der Waals surface area contributed by atoms with Crippen LogP contribution in [-0.2, 0) is 12.8 Å². The van der Waals surface area contributed by atoms with Gasteiger partial charge in [-0.05, 0) is 59.9 Å². The highest BCUT2D eigenvalue weighted by atomic mass is 32.2. The molecule has 0 aromatic heterocycles. The second-order valence-electron chi connectivity index (χ2n) is 6.44. The molecule has 0 heterocycles. The zero-order valence-corrected chi connectivity index (χ0v) is 16.7. The summed E-state index contributed by atoms with van der Waals surface area (Å²) in [6.07, 6.45) is 5.59. The highest BCUT2D eigenvalue weighted by Crippen LogP contribution is 2.34. The molecule has 0 saturated carbocycles. The molecule has 2 aromatic carbocycles. The van der Waals surface area contributed by atoms with Crippen molar-refractivity contribution in [1.82, 2.24) is 4.72 Å². The van der Waals surface area contributed by atoms with Crippen molar-refractivity contribution in [3.63, 3.8) is 0 Å². The fraction of sp³-hybridized carbons (Fsp3) is 0.400. The van der Waals surface area contributed by atoms with Crippen LogP contribution in [0.2, 0.25) is 0 Å². The van der Waals surface area contributed by atoms with Crippen LogP contribution in [0.4, 0.5) is 0 Å². The van der Waals surface area contributed by atoms with Crippen LogP contribution in [0.15, 0.2) is 47.4 Å². The molecule has 1 aliphatic carbocycles. The number of rotatable bonds is 6. The minimum absolute atomic E-state index is 0.520. The molecule has 2 aromatic rings. The summed E-state index contributed by atoms with van der Waals surface area (Å²) in [4.78, 5) is 1.35. The molecule has 0 bridgehead atoms. The van der Waals surface area contributed by atoms with Crippen LogP contribution in [0.25, 0.3) is 0 Å². The lowest BCUT2D eigenvalue weighted by Gasteiger charge is -2.15. The van der Waals surface area contributed by atoms with E-state index in [1.54, 1.807) is 0 Å². The zero-order chi connectivity index (χ0) is 18.2. The molecule has 0 saturated heterocycles. The molecule has 5 heteroatoms. The van der Waals surface area contributed by atoms with Gasteiger partial charge in [-0.3, -0.25) is 15.2 Å². The van der Waals surface area contributed by atoms with Gasteiger partial charge in [-0.25, -0.2) is 0 Å². The fourth-order valence-electron chi connectivity index (χ4n) is 3.14. The minimum atomic E-state index is 0.520. The Labute approximate surface area is 159 Å². The molecule has 3 N–H and O–H groups in total. The van der Waals surface area contributed by atoms with Crippen molar-refractivity contribution < 1.29 is 10.5 Å². The Hall–Kier alpha value is -0.980. The van der Waals surface area contributed by atoms with Crippen molar-refractivity contribution in [2.45, 2.75) is 49.3 Å². The second kappa shape index (κ2) is 10.2. The SMILES string of the molecule is CSc1cccc(Cc2ccc3c(c2)CCC3NSC(C)C)c1.OO. The van der Waals surface area contributed by atoms with E-state index in [-0.39, 0.29) is 0 Å². The molecule has 3 nitrogen and oxygen atoms in total. The van der Waals surface area contributed by atoms with Gasteiger partial charge in [0, 0.05) is 16.2 Å². The molecular formula is C20H27NO2S2. The smallest absolute Gasteiger partial charge is 0.0427 e. The third-order valence-corrected chi connectivity index (χ3v) is 5.89. The van der Waals surface area contributed by atoms with Crippen LogP contribution in [-0.4, -0.2) is 22.0 Å². The first-order chi connectivity index (χ1) is 12.2. The van der Waals surface area contributed by atoms with Crippen molar-refractivity contribution >= 4 is 23.7 Å². The number of fused-ring (bicyclic) bond motifs is 1. The van der Waals surface area contributed by atoms with Crippen LogP contribution in [0, 0.1) is 0 Å².